The predicted molar refractivity (Wildman–Crippen MR) is 85.5 cm³/mol. The Hall–Kier alpha value is -2.08. The molecule has 2 heterocycles. The third-order valence-corrected chi connectivity index (χ3v) is 4.58. The van der Waals surface area contributed by atoms with Gasteiger partial charge in [-0.3, -0.25) is 13.9 Å². The summed E-state index contributed by atoms with van der Waals surface area (Å²) in [7, 11) is 3.15. The molecule has 0 N–H and O–H groups in total. The fraction of sp³-hybridized carbons (Fsp3) is 0.267. The maximum atomic E-state index is 12.1. The van der Waals surface area contributed by atoms with Gasteiger partial charge in [-0.1, -0.05) is 30.3 Å². The molecule has 6 heteroatoms. The first-order chi connectivity index (χ1) is 10.1. The summed E-state index contributed by atoms with van der Waals surface area (Å²) in [5, 5.41) is 0.882. The number of fused-ring (bicyclic) bond motifs is 1. The minimum atomic E-state index is -0.336. The molecular weight excluding hydrogens is 286 g/mol. The van der Waals surface area contributed by atoms with Gasteiger partial charge in [0.2, 0.25) is 0 Å². The monoisotopic (exact) mass is 301 g/mol. The molecule has 21 heavy (non-hydrogen) atoms. The highest BCUT2D eigenvalue weighted by molar-refractivity contribution is 8.13. The number of hydrogen-bond donors (Lipinski definition) is 0. The summed E-state index contributed by atoms with van der Waals surface area (Å²) >= 11 is 1.61. The van der Waals surface area contributed by atoms with Crippen molar-refractivity contribution in [2.45, 2.75) is 12.2 Å². The minimum absolute atomic E-state index is 0.243. The van der Waals surface area contributed by atoms with Gasteiger partial charge in [-0.2, -0.15) is 0 Å². The maximum Gasteiger partial charge on any atom is 0.332 e. The fourth-order valence-electron chi connectivity index (χ4n) is 2.33. The summed E-state index contributed by atoms with van der Waals surface area (Å²) in [6.45, 7) is 0. The summed E-state index contributed by atoms with van der Waals surface area (Å²) < 4.78 is 2.58. The van der Waals surface area contributed by atoms with Crippen LogP contribution in [0.4, 0.5) is 5.82 Å². The molecule has 0 atom stereocenters. The van der Waals surface area contributed by atoms with Crippen molar-refractivity contribution in [2.75, 3.05) is 0 Å². The molecule has 0 saturated carbocycles. The SMILES string of the molecule is Cn1c2c(c(=O)n(C)c1=O)CC(SCc1ccccc1)=N2. The van der Waals surface area contributed by atoms with Crippen LogP contribution in [0.2, 0.25) is 0 Å². The van der Waals surface area contributed by atoms with E-state index in [1.807, 2.05) is 18.2 Å². The van der Waals surface area contributed by atoms with Gasteiger partial charge in [-0.15, -0.1) is 11.8 Å². The highest BCUT2D eigenvalue weighted by Crippen LogP contribution is 2.27. The van der Waals surface area contributed by atoms with E-state index in [-0.39, 0.29) is 11.2 Å². The van der Waals surface area contributed by atoms with Crippen LogP contribution in [-0.2, 0) is 26.3 Å². The van der Waals surface area contributed by atoms with Crippen molar-refractivity contribution in [3.63, 3.8) is 0 Å². The van der Waals surface area contributed by atoms with Crippen LogP contribution in [-0.4, -0.2) is 14.2 Å². The Labute approximate surface area is 126 Å². The maximum absolute atomic E-state index is 12.1. The molecule has 1 aliphatic rings. The summed E-state index contributed by atoms with van der Waals surface area (Å²) in [6.07, 6.45) is 0.508. The average Bonchev–Trinajstić information content (AvgIpc) is 2.94. The van der Waals surface area contributed by atoms with Gasteiger partial charge in [-0.25, -0.2) is 9.79 Å². The molecular formula is C15H15N3O2S. The molecule has 0 unspecified atom stereocenters. The molecule has 0 aliphatic carbocycles. The van der Waals surface area contributed by atoms with E-state index in [1.54, 1.807) is 18.8 Å². The highest BCUT2D eigenvalue weighted by atomic mass is 32.2. The first kappa shape index (κ1) is 13.9. The van der Waals surface area contributed by atoms with Gasteiger partial charge in [-0.05, 0) is 5.56 Å². The number of aliphatic imine (C=N–C) groups is 1. The summed E-state index contributed by atoms with van der Waals surface area (Å²) in [5.74, 6) is 1.31. The Balaban J connectivity index is 1.86. The second-order valence-electron chi connectivity index (χ2n) is 4.96. The molecule has 0 saturated heterocycles. The van der Waals surface area contributed by atoms with E-state index in [4.69, 9.17) is 0 Å². The molecule has 0 fully saturated rings. The lowest BCUT2D eigenvalue weighted by molar-refractivity contribution is 0.682. The normalized spacial score (nSPS) is 13.1. The van der Waals surface area contributed by atoms with Crippen molar-refractivity contribution >= 4 is 22.6 Å². The molecule has 1 aromatic carbocycles. The Kier molecular flexibility index (Phi) is 3.55. The van der Waals surface area contributed by atoms with E-state index in [0.717, 1.165) is 15.4 Å². The topological polar surface area (TPSA) is 56.4 Å². The molecule has 0 bridgehead atoms. The van der Waals surface area contributed by atoms with E-state index in [9.17, 15) is 9.59 Å². The highest BCUT2D eigenvalue weighted by Gasteiger charge is 2.23. The first-order valence-electron chi connectivity index (χ1n) is 6.61. The largest absolute Gasteiger partial charge is 0.332 e. The Bertz CT molecular complexity index is 834. The second-order valence-corrected chi connectivity index (χ2v) is 6.01. The van der Waals surface area contributed by atoms with Gasteiger partial charge in [0.05, 0.1) is 10.6 Å². The zero-order chi connectivity index (χ0) is 15.0. The standard InChI is InChI=1S/C15H15N3O2S/c1-17-13-11(14(19)18(2)15(17)20)8-12(16-13)21-9-10-6-4-3-5-7-10/h3-7H,8-9H2,1-2H3. The van der Waals surface area contributed by atoms with E-state index in [0.29, 0.717) is 17.8 Å². The predicted octanol–water partition coefficient (Wildman–Crippen LogP) is 1.60. The van der Waals surface area contributed by atoms with Gasteiger partial charge in [0.1, 0.15) is 5.82 Å². The van der Waals surface area contributed by atoms with Crippen LogP contribution in [0.15, 0.2) is 44.9 Å². The van der Waals surface area contributed by atoms with E-state index >= 15 is 0 Å². The zero-order valence-corrected chi connectivity index (χ0v) is 12.7. The number of benzene rings is 1. The van der Waals surface area contributed by atoms with Crippen LogP contribution in [0.5, 0.6) is 0 Å². The number of rotatable bonds is 2. The average molecular weight is 301 g/mol. The lowest BCUT2D eigenvalue weighted by Crippen LogP contribution is -2.38. The van der Waals surface area contributed by atoms with Crippen LogP contribution in [0.25, 0.3) is 0 Å². The number of thioether (sulfide) groups is 1. The third kappa shape index (κ3) is 2.47. The molecule has 0 spiro atoms. The molecule has 3 rings (SSSR count). The minimum Gasteiger partial charge on any atom is -0.281 e. The van der Waals surface area contributed by atoms with Crippen molar-refractivity contribution in [1.82, 2.24) is 9.13 Å². The molecule has 1 aromatic heterocycles. The van der Waals surface area contributed by atoms with Crippen LogP contribution in [0.3, 0.4) is 0 Å². The molecule has 1 aliphatic heterocycles. The molecule has 2 aromatic rings. The zero-order valence-electron chi connectivity index (χ0n) is 11.9. The van der Waals surface area contributed by atoms with Gasteiger partial charge >= 0.3 is 5.69 Å². The molecule has 108 valence electrons. The Morgan fingerprint density at radius 1 is 1.14 bits per heavy atom. The van der Waals surface area contributed by atoms with Crippen LogP contribution >= 0.6 is 11.8 Å². The van der Waals surface area contributed by atoms with Crippen molar-refractivity contribution < 1.29 is 0 Å². The van der Waals surface area contributed by atoms with Crippen molar-refractivity contribution in [1.29, 1.82) is 0 Å². The van der Waals surface area contributed by atoms with Crippen molar-refractivity contribution in [3.05, 3.63) is 62.3 Å². The quantitative estimate of drug-likeness (QED) is 0.846. The lowest BCUT2D eigenvalue weighted by atomic mass is 10.2. The number of hydrogen-bond acceptors (Lipinski definition) is 4. The third-order valence-electron chi connectivity index (χ3n) is 3.53. The van der Waals surface area contributed by atoms with Crippen LogP contribution < -0.4 is 11.2 Å². The van der Waals surface area contributed by atoms with Gasteiger partial charge < -0.3 is 0 Å². The second kappa shape index (κ2) is 5.37. The molecule has 0 radical (unpaired) electrons. The van der Waals surface area contributed by atoms with Crippen LogP contribution in [0.1, 0.15) is 11.1 Å². The van der Waals surface area contributed by atoms with E-state index in [2.05, 4.69) is 17.1 Å². The summed E-state index contributed by atoms with van der Waals surface area (Å²) in [5.41, 5.74) is 1.24. The van der Waals surface area contributed by atoms with E-state index in [1.165, 1.54) is 17.2 Å². The lowest BCUT2D eigenvalue weighted by Gasteiger charge is -2.05. The van der Waals surface area contributed by atoms with Gasteiger partial charge in [0.25, 0.3) is 5.56 Å². The number of aromatic nitrogens is 2. The smallest absolute Gasteiger partial charge is 0.281 e. The fourth-order valence-corrected chi connectivity index (χ4v) is 3.26. The summed E-state index contributed by atoms with van der Waals surface area (Å²) in [6, 6.07) is 10.1. The van der Waals surface area contributed by atoms with Crippen molar-refractivity contribution in [2.24, 2.45) is 19.1 Å². The Morgan fingerprint density at radius 2 is 1.86 bits per heavy atom. The van der Waals surface area contributed by atoms with E-state index < -0.39 is 0 Å². The number of nitrogens with zero attached hydrogens (tertiary/aromatic N) is 3. The van der Waals surface area contributed by atoms with Gasteiger partial charge in [0, 0.05) is 26.3 Å². The van der Waals surface area contributed by atoms with Gasteiger partial charge in [0.15, 0.2) is 0 Å². The first-order valence-corrected chi connectivity index (χ1v) is 7.59. The van der Waals surface area contributed by atoms with Crippen LogP contribution in [0, 0.1) is 0 Å². The summed E-state index contributed by atoms with van der Waals surface area (Å²) in [4.78, 5) is 28.5. The van der Waals surface area contributed by atoms with Crippen molar-refractivity contribution in [3.8, 4) is 0 Å². The molecule has 5 nitrogen and oxygen atoms in total. The Morgan fingerprint density at radius 3 is 2.57 bits per heavy atom. The molecule has 0 amide bonds.